The number of hydrogen-bond donors (Lipinski definition) is 0. The summed E-state index contributed by atoms with van der Waals surface area (Å²) in [5.74, 6) is -0.704. The van der Waals surface area contributed by atoms with Crippen LogP contribution in [-0.2, 0) is 0 Å². The zero-order chi connectivity index (χ0) is 10.8. The van der Waals surface area contributed by atoms with Gasteiger partial charge in [0, 0.05) is 6.85 Å². The Balaban J connectivity index is 2.93. The molecule has 0 N–H and O–H groups in total. The minimum absolute atomic E-state index is 0.704. The van der Waals surface area contributed by atoms with Crippen LogP contribution in [0.2, 0.25) is 0 Å². The van der Waals surface area contributed by atoms with Crippen molar-refractivity contribution in [3.05, 3.63) is 36.5 Å². The maximum Gasteiger partial charge on any atom is 0.0273 e. The molecule has 48 valence electrons. The van der Waals surface area contributed by atoms with Crippen molar-refractivity contribution < 1.29 is 6.85 Å². The summed E-state index contributed by atoms with van der Waals surface area (Å²) in [6, 6.07) is 0. The average molecular weight is 125 g/mol. The molecule has 0 radical (unpaired) electrons. The molecule has 0 nitrogen and oxygen atoms in total. The maximum absolute atomic E-state index is 7.54. The fourth-order valence-corrected chi connectivity index (χ4v) is 0.656. The van der Waals surface area contributed by atoms with Crippen LogP contribution in [0.3, 0.4) is 0 Å². The van der Waals surface area contributed by atoms with Crippen molar-refractivity contribution in [3.63, 3.8) is 0 Å². The van der Waals surface area contributed by atoms with E-state index in [4.69, 9.17) is 6.85 Å². The highest BCUT2D eigenvalue weighted by Crippen LogP contribution is 2.08. The molecule has 0 heteroatoms. The van der Waals surface area contributed by atoms with Gasteiger partial charge in [-0.3, -0.25) is 0 Å². The lowest BCUT2D eigenvalue weighted by molar-refractivity contribution is 0.775. The first-order chi connectivity index (χ1) is 6.36. The molecule has 0 aromatic heterocycles. The second-order valence-corrected chi connectivity index (χ2v) is 1.82. The van der Waals surface area contributed by atoms with E-state index in [1.165, 1.54) is 0 Å². The standard InChI is InChI=1S/C9H12/c1-2-9-7-5-3-4-6-8-9/h3-9H,2H2,1H3/i1D3,2D2. The van der Waals surface area contributed by atoms with Gasteiger partial charge < -0.3 is 0 Å². The Bertz CT molecular complexity index is 266. The molecule has 0 saturated heterocycles. The van der Waals surface area contributed by atoms with Crippen molar-refractivity contribution in [2.45, 2.75) is 13.2 Å². The third-order valence-corrected chi connectivity index (χ3v) is 1.14. The lowest BCUT2D eigenvalue weighted by Crippen LogP contribution is -1.85. The van der Waals surface area contributed by atoms with E-state index in [0.29, 0.717) is 0 Å². The fraction of sp³-hybridized carbons (Fsp3) is 0.333. The summed E-state index contributed by atoms with van der Waals surface area (Å²) < 4.78 is 36.4. The van der Waals surface area contributed by atoms with Crippen LogP contribution in [0.15, 0.2) is 36.5 Å². The smallest absolute Gasteiger partial charge is 0.0273 e. The quantitative estimate of drug-likeness (QED) is 0.505. The summed E-state index contributed by atoms with van der Waals surface area (Å²) >= 11 is 0. The summed E-state index contributed by atoms with van der Waals surface area (Å²) in [7, 11) is 0. The van der Waals surface area contributed by atoms with Gasteiger partial charge in [0.25, 0.3) is 0 Å². The monoisotopic (exact) mass is 125 g/mol. The zero-order valence-corrected chi connectivity index (χ0v) is 5.04. The van der Waals surface area contributed by atoms with Crippen molar-refractivity contribution >= 4 is 0 Å². The van der Waals surface area contributed by atoms with E-state index in [0.717, 1.165) is 0 Å². The molecular formula is C9H12. The maximum atomic E-state index is 7.54. The largest absolute Gasteiger partial charge is 0.0776 e. The van der Waals surface area contributed by atoms with Gasteiger partial charge in [-0.05, 0) is 12.3 Å². The minimum atomic E-state index is -2.60. The van der Waals surface area contributed by atoms with Gasteiger partial charge in [-0.2, -0.15) is 0 Å². The molecule has 9 heavy (non-hydrogen) atoms. The fourth-order valence-electron chi connectivity index (χ4n) is 0.656. The molecule has 0 aliphatic heterocycles. The predicted octanol–water partition coefficient (Wildman–Crippen LogP) is 2.69. The van der Waals surface area contributed by atoms with Crippen LogP contribution >= 0.6 is 0 Å². The van der Waals surface area contributed by atoms with Crippen LogP contribution in [0.25, 0.3) is 0 Å². The molecule has 0 amide bonds. The molecule has 1 rings (SSSR count). The molecule has 0 aromatic carbocycles. The van der Waals surface area contributed by atoms with Crippen LogP contribution in [0, 0.1) is 5.92 Å². The Kier molecular flexibility index (Phi) is 0.895. The Labute approximate surface area is 63.6 Å². The molecule has 0 unspecified atom stereocenters. The average Bonchev–Trinajstić information content (AvgIpc) is 2.29. The predicted molar refractivity (Wildman–Crippen MR) is 41.2 cm³/mol. The summed E-state index contributed by atoms with van der Waals surface area (Å²) in [6.07, 6.45) is 7.71. The summed E-state index contributed by atoms with van der Waals surface area (Å²) in [5, 5.41) is 0. The van der Waals surface area contributed by atoms with Crippen LogP contribution in [-0.4, -0.2) is 0 Å². The molecule has 0 atom stereocenters. The van der Waals surface area contributed by atoms with Crippen LogP contribution in [0.1, 0.15) is 20.1 Å². The van der Waals surface area contributed by atoms with Gasteiger partial charge in [-0.1, -0.05) is 43.3 Å². The van der Waals surface area contributed by atoms with E-state index in [1.54, 1.807) is 36.5 Å². The normalized spacial score (nSPS) is 29.6. The van der Waals surface area contributed by atoms with E-state index in [1.807, 2.05) is 0 Å². The first-order valence-electron chi connectivity index (χ1n) is 5.37. The lowest BCUT2D eigenvalue weighted by Gasteiger charge is -1.98. The number of rotatable bonds is 1. The Morgan fingerprint density at radius 3 is 2.56 bits per heavy atom. The molecule has 0 fully saturated rings. The second kappa shape index (κ2) is 3.29. The third kappa shape index (κ3) is 1.88. The number of allylic oxidation sites excluding steroid dienone is 6. The zero-order valence-electron chi connectivity index (χ0n) is 10.0. The SMILES string of the molecule is [2H]C([2H])([2H])C([2H])([2H])C1C=CC=CC=C1. The Hall–Kier alpha value is -0.780. The first kappa shape index (κ1) is 2.45. The molecule has 0 bridgehead atoms. The van der Waals surface area contributed by atoms with E-state index >= 15 is 0 Å². The number of hydrogen-bond acceptors (Lipinski definition) is 0. The van der Waals surface area contributed by atoms with Crippen molar-refractivity contribution in [1.82, 2.24) is 0 Å². The van der Waals surface area contributed by atoms with Crippen LogP contribution in [0.4, 0.5) is 0 Å². The van der Waals surface area contributed by atoms with Gasteiger partial charge in [0.2, 0.25) is 0 Å². The minimum Gasteiger partial charge on any atom is -0.0776 e. The molecular weight excluding hydrogens is 108 g/mol. The van der Waals surface area contributed by atoms with Gasteiger partial charge in [0.1, 0.15) is 0 Å². The van der Waals surface area contributed by atoms with E-state index in [-0.39, 0.29) is 0 Å². The van der Waals surface area contributed by atoms with Crippen molar-refractivity contribution in [2.75, 3.05) is 0 Å². The molecule has 0 aromatic rings. The first-order valence-corrected chi connectivity index (χ1v) is 2.87. The highest BCUT2D eigenvalue weighted by atomic mass is 14.0. The van der Waals surface area contributed by atoms with Crippen molar-refractivity contribution in [2.24, 2.45) is 5.92 Å². The highest BCUT2D eigenvalue weighted by Gasteiger charge is 1.93. The second-order valence-electron chi connectivity index (χ2n) is 1.82. The van der Waals surface area contributed by atoms with Crippen molar-refractivity contribution in [1.29, 1.82) is 0 Å². The van der Waals surface area contributed by atoms with Gasteiger partial charge in [-0.25, -0.2) is 0 Å². The van der Waals surface area contributed by atoms with Crippen molar-refractivity contribution in [3.8, 4) is 0 Å². The van der Waals surface area contributed by atoms with Gasteiger partial charge in [-0.15, -0.1) is 0 Å². The van der Waals surface area contributed by atoms with Crippen LogP contribution in [0.5, 0.6) is 0 Å². The van der Waals surface area contributed by atoms with Crippen LogP contribution < -0.4 is 0 Å². The molecule has 0 saturated carbocycles. The van der Waals surface area contributed by atoms with Gasteiger partial charge >= 0.3 is 0 Å². The molecule has 0 spiro atoms. The molecule has 0 heterocycles. The van der Waals surface area contributed by atoms with E-state index < -0.39 is 19.1 Å². The van der Waals surface area contributed by atoms with Gasteiger partial charge in [0.15, 0.2) is 0 Å². The lowest BCUT2D eigenvalue weighted by atomic mass is 10.1. The third-order valence-electron chi connectivity index (χ3n) is 1.14. The van der Waals surface area contributed by atoms with E-state index in [2.05, 4.69) is 0 Å². The Morgan fingerprint density at radius 1 is 1.33 bits per heavy atom. The summed E-state index contributed by atoms with van der Waals surface area (Å²) in [6.45, 7) is -2.60. The summed E-state index contributed by atoms with van der Waals surface area (Å²) in [5.41, 5.74) is 0. The Morgan fingerprint density at radius 2 is 2.00 bits per heavy atom. The summed E-state index contributed by atoms with van der Waals surface area (Å²) in [4.78, 5) is 0. The highest BCUT2D eigenvalue weighted by molar-refractivity contribution is 5.18. The van der Waals surface area contributed by atoms with Gasteiger partial charge in [0.05, 0.1) is 0 Å². The topological polar surface area (TPSA) is 0 Å². The molecule has 1 aliphatic rings. The molecule has 1 aliphatic carbocycles. The van der Waals surface area contributed by atoms with E-state index in [9.17, 15) is 0 Å².